The standard InChI is InChI=1S/C24H25N3O2S/c1-18-16-22(28)27(24(25-18)30-15-13-19-8-3-2-4-9-19)17-23(29)26-14-7-11-20-10-5-6-12-21(20)26/h2-6,8-10,12,16H,7,11,13-15,17H2,1H3. The van der Waals surface area contributed by atoms with Crippen LogP contribution in [0, 0.1) is 6.92 Å². The van der Waals surface area contributed by atoms with Crippen LogP contribution in [0.1, 0.15) is 23.2 Å². The largest absolute Gasteiger partial charge is 0.311 e. The minimum atomic E-state index is -0.177. The van der Waals surface area contributed by atoms with Crippen LogP contribution in [-0.2, 0) is 24.2 Å². The summed E-state index contributed by atoms with van der Waals surface area (Å²) in [5.74, 6) is 0.723. The number of thioether (sulfide) groups is 1. The molecule has 1 aromatic heterocycles. The molecule has 1 amide bonds. The van der Waals surface area contributed by atoms with Gasteiger partial charge in [0.25, 0.3) is 5.56 Å². The second-order valence-electron chi connectivity index (χ2n) is 7.47. The zero-order valence-corrected chi connectivity index (χ0v) is 17.9. The van der Waals surface area contributed by atoms with Crippen LogP contribution in [0.2, 0.25) is 0 Å². The molecule has 4 rings (SSSR count). The van der Waals surface area contributed by atoms with Crippen LogP contribution < -0.4 is 10.5 Å². The number of aryl methyl sites for hydroxylation is 3. The van der Waals surface area contributed by atoms with Gasteiger partial charge in [-0.3, -0.25) is 14.2 Å². The maximum absolute atomic E-state index is 13.1. The predicted molar refractivity (Wildman–Crippen MR) is 121 cm³/mol. The van der Waals surface area contributed by atoms with Gasteiger partial charge in [-0.15, -0.1) is 0 Å². The van der Waals surface area contributed by atoms with Crippen molar-refractivity contribution in [2.75, 3.05) is 17.2 Å². The van der Waals surface area contributed by atoms with Crippen molar-refractivity contribution in [3.05, 3.63) is 87.8 Å². The fourth-order valence-electron chi connectivity index (χ4n) is 3.77. The molecule has 3 aromatic rings. The van der Waals surface area contributed by atoms with Crippen LogP contribution >= 0.6 is 11.8 Å². The van der Waals surface area contributed by atoms with Gasteiger partial charge in [-0.1, -0.05) is 60.3 Å². The molecule has 5 nitrogen and oxygen atoms in total. The van der Waals surface area contributed by atoms with E-state index in [1.54, 1.807) is 0 Å². The molecule has 1 aliphatic heterocycles. The molecule has 6 heteroatoms. The van der Waals surface area contributed by atoms with Gasteiger partial charge in [-0.2, -0.15) is 0 Å². The van der Waals surface area contributed by atoms with E-state index >= 15 is 0 Å². The number of hydrogen-bond acceptors (Lipinski definition) is 4. The second-order valence-corrected chi connectivity index (χ2v) is 8.53. The van der Waals surface area contributed by atoms with Crippen LogP contribution in [0.4, 0.5) is 5.69 Å². The second kappa shape index (κ2) is 9.30. The van der Waals surface area contributed by atoms with E-state index in [0.29, 0.717) is 17.4 Å². The quantitative estimate of drug-likeness (QED) is 0.450. The van der Waals surface area contributed by atoms with Gasteiger partial charge in [0.1, 0.15) is 6.54 Å². The third kappa shape index (κ3) is 4.65. The number of nitrogens with zero attached hydrogens (tertiary/aromatic N) is 3. The van der Waals surface area contributed by atoms with E-state index in [1.165, 1.54) is 33.5 Å². The Bertz CT molecular complexity index is 1100. The highest BCUT2D eigenvalue weighted by atomic mass is 32.2. The third-order valence-corrected chi connectivity index (χ3v) is 6.25. The lowest BCUT2D eigenvalue weighted by Gasteiger charge is -2.29. The number of rotatable bonds is 6. The highest BCUT2D eigenvalue weighted by Gasteiger charge is 2.23. The number of carbonyl (C=O) groups is 1. The van der Waals surface area contributed by atoms with Crippen molar-refractivity contribution in [3.63, 3.8) is 0 Å². The molecular formula is C24H25N3O2S. The van der Waals surface area contributed by atoms with Crippen molar-refractivity contribution in [1.29, 1.82) is 0 Å². The Morgan fingerprint density at radius 2 is 1.87 bits per heavy atom. The predicted octanol–water partition coefficient (Wildman–Crippen LogP) is 3.87. The highest BCUT2D eigenvalue weighted by molar-refractivity contribution is 7.99. The summed E-state index contributed by atoms with van der Waals surface area (Å²) < 4.78 is 1.52. The molecule has 1 aliphatic rings. The third-order valence-electron chi connectivity index (χ3n) is 5.27. The summed E-state index contributed by atoms with van der Waals surface area (Å²) in [5, 5.41) is 0.606. The summed E-state index contributed by atoms with van der Waals surface area (Å²) in [6.45, 7) is 2.50. The van der Waals surface area contributed by atoms with Crippen LogP contribution in [0.25, 0.3) is 0 Å². The van der Waals surface area contributed by atoms with E-state index in [4.69, 9.17) is 0 Å². The molecule has 0 spiro atoms. The van der Waals surface area contributed by atoms with Gasteiger partial charge in [0.2, 0.25) is 5.91 Å². The monoisotopic (exact) mass is 419 g/mol. The number of para-hydroxylation sites is 1. The van der Waals surface area contributed by atoms with E-state index in [9.17, 15) is 9.59 Å². The molecular weight excluding hydrogens is 394 g/mol. The molecule has 0 fully saturated rings. The van der Waals surface area contributed by atoms with Crippen molar-refractivity contribution in [1.82, 2.24) is 9.55 Å². The number of anilines is 1. The molecule has 2 aromatic carbocycles. The number of carbonyl (C=O) groups excluding carboxylic acids is 1. The van der Waals surface area contributed by atoms with Gasteiger partial charge in [-0.25, -0.2) is 4.98 Å². The first-order chi connectivity index (χ1) is 14.6. The van der Waals surface area contributed by atoms with E-state index in [1.807, 2.05) is 48.2 Å². The average Bonchev–Trinajstić information content (AvgIpc) is 2.76. The number of hydrogen-bond donors (Lipinski definition) is 0. The van der Waals surface area contributed by atoms with Gasteiger partial charge >= 0.3 is 0 Å². The molecule has 2 heterocycles. The van der Waals surface area contributed by atoms with Gasteiger partial charge in [0, 0.05) is 29.7 Å². The van der Waals surface area contributed by atoms with E-state index in [-0.39, 0.29) is 18.0 Å². The maximum Gasteiger partial charge on any atom is 0.254 e. The highest BCUT2D eigenvalue weighted by Crippen LogP contribution is 2.27. The smallest absolute Gasteiger partial charge is 0.254 e. The lowest BCUT2D eigenvalue weighted by Crippen LogP contribution is -2.40. The minimum Gasteiger partial charge on any atom is -0.311 e. The lowest BCUT2D eigenvalue weighted by atomic mass is 10.0. The van der Waals surface area contributed by atoms with E-state index in [2.05, 4.69) is 23.2 Å². The first-order valence-corrected chi connectivity index (χ1v) is 11.2. The topological polar surface area (TPSA) is 55.2 Å². The lowest BCUT2D eigenvalue weighted by molar-refractivity contribution is -0.119. The van der Waals surface area contributed by atoms with Crippen molar-refractivity contribution in [2.24, 2.45) is 0 Å². The molecule has 30 heavy (non-hydrogen) atoms. The Balaban J connectivity index is 1.52. The molecule has 0 saturated carbocycles. The normalized spacial score (nSPS) is 13.2. The number of amides is 1. The minimum absolute atomic E-state index is 0.00805. The number of aromatic nitrogens is 2. The molecule has 0 N–H and O–H groups in total. The van der Waals surface area contributed by atoms with Crippen LogP contribution in [0.3, 0.4) is 0 Å². The first kappa shape index (κ1) is 20.4. The van der Waals surface area contributed by atoms with Crippen LogP contribution in [0.15, 0.2) is 70.6 Å². The van der Waals surface area contributed by atoms with E-state index in [0.717, 1.165) is 30.7 Å². The van der Waals surface area contributed by atoms with Crippen LogP contribution in [-0.4, -0.2) is 27.8 Å². The van der Waals surface area contributed by atoms with Gasteiger partial charge in [-0.05, 0) is 43.4 Å². The molecule has 0 atom stereocenters. The van der Waals surface area contributed by atoms with Gasteiger partial charge in [0.15, 0.2) is 5.16 Å². The number of fused-ring (bicyclic) bond motifs is 1. The Hall–Kier alpha value is -2.86. The molecule has 0 saturated heterocycles. The van der Waals surface area contributed by atoms with Crippen molar-refractivity contribution < 1.29 is 4.79 Å². The fraction of sp³-hybridized carbons (Fsp3) is 0.292. The summed E-state index contributed by atoms with van der Waals surface area (Å²) in [5.41, 5.74) is 3.88. The van der Waals surface area contributed by atoms with Gasteiger partial charge < -0.3 is 4.90 Å². The Labute approximate surface area is 180 Å². The summed E-state index contributed by atoms with van der Waals surface area (Å²) in [7, 11) is 0. The Kier molecular flexibility index (Phi) is 6.33. The van der Waals surface area contributed by atoms with Crippen molar-refractivity contribution in [3.8, 4) is 0 Å². The summed E-state index contributed by atoms with van der Waals surface area (Å²) in [4.78, 5) is 32.2. The van der Waals surface area contributed by atoms with Gasteiger partial charge in [0.05, 0.1) is 0 Å². The van der Waals surface area contributed by atoms with Crippen molar-refractivity contribution >= 4 is 23.4 Å². The number of benzene rings is 2. The summed E-state index contributed by atoms with van der Waals surface area (Å²) in [6.07, 6.45) is 2.79. The Morgan fingerprint density at radius 1 is 1.10 bits per heavy atom. The zero-order valence-electron chi connectivity index (χ0n) is 17.1. The first-order valence-electron chi connectivity index (χ1n) is 10.3. The average molecular weight is 420 g/mol. The fourth-order valence-corrected chi connectivity index (χ4v) is 4.81. The summed E-state index contributed by atoms with van der Waals surface area (Å²) >= 11 is 1.53. The molecule has 154 valence electrons. The van der Waals surface area contributed by atoms with E-state index < -0.39 is 0 Å². The molecule has 0 radical (unpaired) electrons. The molecule has 0 unspecified atom stereocenters. The summed E-state index contributed by atoms with van der Waals surface area (Å²) in [6, 6.07) is 19.7. The van der Waals surface area contributed by atoms with Crippen LogP contribution in [0.5, 0.6) is 0 Å². The SMILES string of the molecule is Cc1cc(=O)n(CC(=O)N2CCCc3ccccc32)c(SCCc2ccccc2)n1. The molecule has 0 bridgehead atoms. The van der Waals surface area contributed by atoms with Crippen molar-refractivity contribution in [2.45, 2.75) is 37.9 Å². The Morgan fingerprint density at radius 3 is 2.70 bits per heavy atom. The maximum atomic E-state index is 13.1. The molecule has 0 aliphatic carbocycles. The zero-order chi connectivity index (χ0) is 20.9.